The molecular weight excluding hydrogens is 1060 g/mol. The summed E-state index contributed by atoms with van der Waals surface area (Å²) >= 11 is 0. The molecule has 1 saturated carbocycles. The number of anilines is 3. The summed E-state index contributed by atoms with van der Waals surface area (Å²) in [5, 5.41) is 10.5. The van der Waals surface area contributed by atoms with Crippen molar-refractivity contribution >= 4 is 62.2 Å². The van der Waals surface area contributed by atoms with Crippen LogP contribution in [0.1, 0.15) is 135 Å². The first-order chi connectivity index (χ1) is 38.3. The van der Waals surface area contributed by atoms with Gasteiger partial charge in [-0.1, -0.05) is 79.9 Å². The molecule has 1 aliphatic rings. The molecule has 0 atom stereocenters. The number of alkyl halides is 2. The van der Waals surface area contributed by atoms with E-state index in [9.17, 15) is 22.4 Å². The Bertz CT molecular complexity index is 3430. The van der Waals surface area contributed by atoms with Crippen LogP contribution in [-0.2, 0) is 34.8 Å². The van der Waals surface area contributed by atoms with Crippen LogP contribution in [0, 0.1) is 45.1 Å². The minimum absolute atomic E-state index is 0.0647. The van der Waals surface area contributed by atoms with E-state index in [1.807, 2.05) is 56.2 Å². The van der Waals surface area contributed by atoms with Crippen LogP contribution in [0.5, 0.6) is 11.5 Å². The van der Waals surface area contributed by atoms with Crippen LogP contribution in [0.3, 0.4) is 0 Å². The molecule has 0 unspecified atom stereocenters. The van der Waals surface area contributed by atoms with Crippen molar-refractivity contribution in [2.45, 2.75) is 143 Å². The molecule has 6 aromatic carbocycles. The number of rotatable bonds is 21. The van der Waals surface area contributed by atoms with E-state index in [0.29, 0.717) is 44.5 Å². The number of benzene rings is 6. The van der Waals surface area contributed by atoms with E-state index in [2.05, 4.69) is 119 Å². The van der Waals surface area contributed by atoms with Gasteiger partial charge in [0.25, 0.3) is 5.92 Å². The van der Waals surface area contributed by atoms with Crippen LogP contribution in [0.15, 0.2) is 140 Å². The van der Waals surface area contributed by atoms with Crippen molar-refractivity contribution in [2.75, 3.05) is 10.0 Å². The molecule has 0 aromatic heterocycles. The molecule has 1 aliphatic carbocycles. The number of nitrogens with one attached hydrogen (secondary N) is 4. The lowest BCUT2D eigenvalue weighted by Gasteiger charge is -2.40. The lowest BCUT2D eigenvalue weighted by Crippen LogP contribution is -2.46. The van der Waals surface area contributed by atoms with Crippen molar-refractivity contribution in [1.82, 2.24) is 10.6 Å². The molecule has 7 rings (SSSR count). The van der Waals surface area contributed by atoms with E-state index in [1.54, 1.807) is 26.0 Å². The zero-order chi connectivity index (χ0) is 61.7. The molecule has 0 amide bonds. The topological polar surface area (TPSA) is 91.5 Å². The van der Waals surface area contributed by atoms with Crippen LogP contribution in [0.4, 0.5) is 39.0 Å². The van der Waals surface area contributed by atoms with Crippen LogP contribution in [0.2, 0.25) is 0 Å². The maximum atomic E-state index is 15.2. The monoisotopic (exact) mass is 1140 g/mol. The molecule has 1 fully saturated rings. The maximum absolute atomic E-state index is 15.2. The fraction of sp³-hybridized carbons (Fsp3) is 0.304. The maximum Gasteiger partial charge on any atom is 0.270 e. The van der Waals surface area contributed by atoms with Crippen molar-refractivity contribution in [2.24, 2.45) is 0 Å². The first kappa shape index (κ1) is 66.9. The van der Waals surface area contributed by atoms with E-state index in [-0.39, 0.29) is 52.8 Å². The zero-order valence-electron chi connectivity index (χ0n) is 49.9. The minimum atomic E-state index is -2.97. The third kappa shape index (κ3) is 18.2. The van der Waals surface area contributed by atoms with E-state index in [1.165, 1.54) is 49.2 Å². The second kappa shape index (κ2) is 28.4. The van der Waals surface area contributed by atoms with Crippen LogP contribution >= 0.6 is 9.39 Å². The highest BCUT2D eigenvalue weighted by Crippen LogP contribution is 2.42. The zero-order valence-corrected chi connectivity index (χ0v) is 50.7. The van der Waals surface area contributed by atoms with Crippen molar-refractivity contribution in [1.29, 1.82) is 0 Å². The molecule has 4 N–H and O–H groups in total. The number of carbonyl (C=O) groups is 2. The predicted octanol–water partition coefficient (Wildman–Crippen LogP) is 18.4. The second-order valence-corrected chi connectivity index (χ2v) is 24.7. The second-order valence-electron chi connectivity index (χ2n) is 22.3. The third-order valence-electron chi connectivity index (χ3n) is 14.2. The van der Waals surface area contributed by atoms with Gasteiger partial charge in [0.2, 0.25) is 0 Å². The lowest BCUT2D eigenvalue weighted by molar-refractivity contribution is -0.116. The molecule has 7 nitrogen and oxygen atoms in total. The summed E-state index contributed by atoms with van der Waals surface area (Å²) in [6.45, 7) is 40.6. The SMILES string of the molecule is C=C.C=C(C)Cc1cc(F)c(Cc2ccc(C(=C)NC(C)(C)CC)cc2NS(=C)(=C)c2ccc(C(C)(F)F)cc2C)cc1F.C=C(NC1(C)CCC1)c1ccc(Oc2cc(F)c(CC(C)=O)cc2C)c(Nc2ccc(C)cc2C)c1.C=O. The average Bonchev–Trinajstić information content (AvgIpc) is 3.49. The fourth-order valence-electron chi connectivity index (χ4n) is 9.27. The molecule has 0 radical (unpaired) electrons. The van der Waals surface area contributed by atoms with Gasteiger partial charge in [-0.3, -0.25) is 4.79 Å². The largest absolute Gasteiger partial charge is 0.455 e. The first-order valence-electron chi connectivity index (χ1n) is 27.0. The van der Waals surface area contributed by atoms with Crippen LogP contribution < -0.4 is 25.4 Å². The van der Waals surface area contributed by atoms with Crippen molar-refractivity contribution < 1.29 is 36.3 Å². The first-order valence-corrected chi connectivity index (χ1v) is 29.0. The molecule has 0 heterocycles. The van der Waals surface area contributed by atoms with Gasteiger partial charge in [-0.25, -0.2) is 22.0 Å². The van der Waals surface area contributed by atoms with E-state index >= 15 is 4.39 Å². The van der Waals surface area contributed by atoms with Gasteiger partial charge in [-0.05, 0) is 205 Å². The van der Waals surface area contributed by atoms with Crippen molar-refractivity contribution in [3.63, 3.8) is 0 Å². The van der Waals surface area contributed by atoms with E-state index in [4.69, 9.17) is 9.53 Å². The molecular formula is C69H83F5N4O3S. The summed E-state index contributed by atoms with van der Waals surface area (Å²) in [5.41, 5.74) is 11.5. The standard InChI is InChI=1S/C35H42F4N2S.C31H35FN2O2.C2H4.CH2O/c1-11-34(6,7)40-24(5)25-12-13-26(18-28-20-30(36)27(16-22(2)3)19-31(28)37)32(21-25)41-42(9,10)33-15-14-29(17-23(33)4)35(8,38)39;1-19-8-10-27(20(2)14-19)33-28-17-24(23(5)34-31(6)12-7-13-31)9-11-29(28)36-30-18-26(32)25(15-21(30)3)16-22(4)35;2*1-2/h12-15,17,19-21,40-41H,2,5,9-11,16,18H2,1,3-4,6-8H3;8-11,14-15,17-18,33-34H,5,7,12-13,16H2,1-4,6H3;1-2H2;1H2. The number of aryl methyl sites for hydroxylation is 4. The Morgan fingerprint density at radius 3 is 1.82 bits per heavy atom. The summed E-state index contributed by atoms with van der Waals surface area (Å²) in [5.74, 6) is 5.18. The predicted molar refractivity (Wildman–Crippen MR) is 339 cm³/mol. The van der Waals surface area contributed by atoms with Gasteiger partial charge in [0.1, 0.15) is 35.8 Å². The highest BCUT2D eigenvalue weighted by Gasteiger charge is 2.32. The molecule has 438 valence electrons. The number of ether oxygens (including phenoxy) is 1. The van der Waals surface area contributed by atoms with Crippen molar-refractivity contribution in [3.05, 3.63) is 214 Å². The molecule has 82 heavy (non-hydrogen) atoms. The fourth-order valence-corrected chi connectivity index (χ4v) is 11.0. The van der Waals surface area contributed by atoms with Gasteiger partial charge >= 0.3 is 0 Å². The normalized spacial score (nSPS) is 12.5. The van der Waals surface area contributed by atoms with E-state index in [0.717, 1.165) is 71.1 Å². The van der Waals surface area contributed by atoms with Gasteiger partial charge in [-0.15, -0.1) is 22.6 Å². The number of ketones is 1. The van der Waals surface area contributed by atoms with Crippen LogP contribution in [-0.4, -0.2) is 35.4 Å². The van der Waals surface area contributed by atoms with Gasteiger partial charge < -0.3 is 30.2 Å². The van der Waals surface area contributed by atoms with E-state index < -0.39 is 32.8 Å². The smallest absolute Gasteiger partial charge is 0.270 e. The number of hydrogen-bond donors (Lipinski definition) is 4. The quantitative estimate of drug-likeness (QED) is 0.0324. The number of Topliss-reactive ketones (excluding diaryl/α,β-unsaturated/α-hetero) is 1. The van der Waals surface area contributed by atoms with Crippen molar-refractivity contribution in [3.8, 4) is 11.5 Å². The third-order valence-corrected chi connectivity index (χ3v) is 16.1. The average molecular weight is 1140 g/mol. The van der Waals surface area contributed by atoms with Gasteiger partial charge in [0, 0.05) is 70.1 Å². The Balaban J connectivity index is 0.000000335. The molecule has 0 aliphatic heterocycles. The molecule has 6 aromatic rings. The highest BCUT2D eigenvalue weighted by molar-refractivity contribution is 8.28. The molecule has 0 saturated heterocycles. The Labute approximate surface area is 485 Å². The summed E-state index contributed by atoms with van der Waals surface area (Å²) in [7, 11) is -2.26. The number of allylic oxidation sites excluding steroid dienone is 1. The summed E-state index contributed by atoms with van der Waals surface area (Å²) in [4.78, 5) is 20.2. The highest BCUT2D eigenvalue weighted by atomic mass is 32.2. The molecule has 0 spiro atoms. The van der Waals surface area contributed by atoms with Gasteiger partial charge in [-0.2, -0.15) is 0 Å². The summed E-state index contributed by atoms with van der Waals surface area (Å²) in [6.07, 6.45) is 4.79. The minimum Gasteiger partial charge on any atom is -0.455 e. The van der Waals surface area contributed by atoms with Gasteiger partial charge in [0.05, 0.1) is 5.69 Å². The number of hydrogen-bond acceptors (Lipinski definition) is 7. The Kier molecular flexibility index (Phi) is 23.1. The lowest BCUT2D eigenvalue weighted by atomic mass is 9.78. The van der Waals surface area contributed by atoms with Crippen LogP contribution in [0.25, 0.3) is 11.4 Å². The molecule has 13 heteroatoms. The number of halogens is 5. The molecule has 0 bridgehead atoms. The summed E-state index contributed by atoms with van der Waals surface area (Å²) in [6, 6.07) is 27.7. The Morgan fingerprint density at radius 1 is 0.659 bits per heavy atom. The number of carbonyl (C=O) groups excluding carboxylic acids is 2. The summed E-state index contributed by atoms with van der Waals surface area (Å²) < 4.78 is 82.4. The van der Waals surface area contributed by atoms with Gasteiger partial charge in [0.15, 0.2) is 5.75 Å². The Morgan fingerprint density at radius 2 is 1.24 bits per heavy atom. The Hall–Kier alpha value is -7.64.